The van der Waals surface area contributed by atoms with Crippen molar-refractivity contribution < 1.29 is 6.22 Å². The van der Waals surface area contributed by atoms with Crippen LogP contribution in [0.2, 0.25) is 0 Å². The summed E-state index contributed by atoms with van der Waals surface area (Å²) in [4.78, 5) is 10.4. The molecular weight excluding hydrogens is 510 g/mol. The lowest BCUT2D eigenvalue weighted by molar-refractivity contribution is 0.569. The predicted molar refractivity (Wildman–Crippen MR) is 184 cm³/mol. The third-order valence-corrected chi connectivity index (χ3v) is 6.25. The second-order valence-corrected chi connectivity index (χ2v) is 8.70. The maximum absolute atomic E-state index is 10.4. The van der Waals surface area contributed by atoms with E-state index in [1.54, 1.807) is 5.94 Å². The van der Waals surface area contributed by atoms with Gasteiger partial charge in [0.15, 0.2) is 0 Å². The number of nitriles is 1. The third kappa shape index (κ3) is 12.9. The Morgan fingerprint density at radius 3 is 2.07 bits per heavy atom. The largest absolute Gasteiger partial charge is 0.233 e. The molecule has 0 unspecified atom stereocenters. The SMILES string of the molecule is CC.CC.CC.CC#CCc1ccc(CCCc2cccc(CC#CC=C=O)c2CCC)cc1-c1ccc(C#N)cc1.[HH]. The van der Waals surface area contributed by atoms with Crippen LogP contribution >= 0.6 is 0 Å². The van der Waals surface area contributed by atoms with Crippen LogP contribution in [0, 0.1) is 35.0 Å². The molecule has 3 aromatic carbocycles. The molecule has 0 spiro atoms. The van der Waals surface area contributed by atoms with E-state index in [1.165, 1.54) is 39.5 Å². The first kappa shape index (κ1) is 37.7. The number of allylic oxidation sites excluding steroid dienone is 1. The quantitative estimate of drug-likeness (QED) is 0.193. The number of benzene rings is 3. The van der Waals surface area contributed by atoms with Gasteiger partial charge in [-0.1, -0.05) is 121 Å². The highest BCUT2D eigenvalue weighted by Crippen LogP contribution is 2.27. The monoisotopic (exact) mass is 561 g/mol. The van der Waals surface area contributed by atoms with Crippen LogP contribution in [0.5, 0.6) is 0 Å². The molecule has 0 amide bonds. The van der Waals surface area contributed by atoms with Crippen LogP contribution in [0.4, 0.5) is 0 Å². The molecule has 0 saturated carbocycles. The van der Waals surface area contributed by atoms with Gasteiger partial charge in [-0.3, -0.25) is 0 Å². The minimum atomic E-state index is 0. The van der Waals surface area contributed by atoms with Crippen molar-refractivity contribution in [1.29, 1.82) is 5.26 Å². The summed E-state index contributed by atoms with van der Waals surface area (Å²) in [6.45, 7) is 16.1. The first-order valence-electron chi connectivity index (χ1n) is 15.5. The molecule has 0 fully saturated rings. The van der Waals surface area contributed by atoms with Crippen molar-refractivity contribution >= 4 is 5.94 Å². The Balaban J connectivity index is 0. The Morgan fingerprint density at radius 1 is 0.786 bits per heavy atom. The first-order chi connectivity index (χ1) is 20.7. The lowest BCUT2D eigenvalue weighted by Gasteiger charge is -2.14. The summed E-state index contributed by atoms with van der Waals surface area (Å²) in [5.41, 5.74) is 9.54. The number of nitrogens with zero attached hydrogens (tertiary/aromatic N) is 1. The molecular formula is C40H51NO. The molecule has 2 heteroatoms. The second-order valence-electron chi connectivity index (χ2n) is 8.70. The van der Waals surface area contributed by atoms with Crippen LogP contribution < -0.4 is 0 Å². The fourth-order valence-corrected chi connectivity index (χ4v) is 4.48. The Morgan fingerprint density at radius 2 is 1.45 bits per heavy atom. The molecule has 3 aromatic rings. The summed E-state index contributed by atoms with van der Waals surface area (Å²) in [5, 5.41) is 9.15. The topological polar surface area (TPSA) is 40.9 Å². The van der Waals surface area contributed by atoms with Crippen molar-refractivity contribution in [3.63, 3.8) is 0 Å². The number of hydrogen-bond acceptors (Lipinski definition) is 2. The molecule has 0 N–H and O–H groups in total. The summed E-state index contributed by atoms with van der Waals surface area (Å²) in [5.74, 6) is 13.7. The Kier molecular flexibility index (Phi) is 22.0. The zero-order chi connectivity index (χ0) is 31.6. The molecule has 0 aromatic heterocycles. The predicted octanol–water partition coefficient (Wildman–Crippen LogP) is 10.2. The van der Waals surface area contributed by atoms with Crippen molar-refractivity contribution in [2.45, 2.75) is 100 Å². The molecule has 0 radical (unpaired) electrons. The van der Waals surface area contributed by atoms with Crippen LogP contribution in [0.3, 0.4) is 0 Å². The summed E-state index contributed by atoms with van der Waals surface area (Å²) in [7, 11) is 0. The summed E-state index contributed by atoms with van der Waals surface area (Å²) in [6, 6.07) is 23.2. The van der Waals surface area contributed by atoms with E-state index in [4.69, 9.17) is 5.26 Å². The number of aryl methyl sites for hydroxylation is 2. The average molecular weight is 562 g/mol. The average Bonchev–Trinajstić information content (AvgIpc) is 3.06. The van der Waals surface area contributed by atoms with E-state index in [2.05, 4.69) is 73.1 Å². The van der Waals surface area contributed by atoms with Gasteiger partial charge in [-0.15, -0.1) is 5.92 Å². The lowest BCUT2D eigenvalue weighted by Crippen LogP contribution is -2.01. The van der Waals surface area contributed by atoms with Crippen molar-refractivity contribution in [3.8, 4) is 40.9 Å². The van der Waals surface area contributed by atoms with Gasteiger partial charge in [-0.2, -0.15) is 5.26 Å². The molecule has 42 heavy (non-hydrogen) atoms. The van der Waals surface area contributed by atoms with E-state index in [-0.39, 0.29) is 1.43 Å². The summed E-state index contributed by atoms with van der Waals surface area (Å²) >= 11 is 0. The van der Waals surface area contributed by atoms with Gasteiger partial charge in [-0.05, 0) is 83.7 Å². The van der Waals surface area contributed by atoms with Gasteiger partial charge >= 0.3 is 0 Å². The van der Waals surface area contributed by atoms with Gasteiger partial charge < -0.3 is 0 Å². The molecule has 222 valence electrons. The van der Waals surface area contributed by atoms with Gasteiger partial charge in [0.05, 0.1) is 17.7 Å². The van der Waals surface area contributed by atoms with E-state index in [1.807, 2.05) is 72.7 Å². The zero-order valence-corrected chi connectivity index (χ0v) is 27.2. The highest BCUT2D eigenvalue weighted by Gasteiger charge is 2.10. The zero-order valence-electron chi connectivity index (χ0n) is 27.2. The smallest absolute Gasteiger partial charge is 0.133 e. The second kappa shape index (κ2) is 24.5. The van der Waals surface area contributed by atoms with Crippen molar-refractivity contribution in [2.75, 3.05) is 0 Å². The standard InChI is InChI=1S/C34H31NO.3C2H6.H2/c1-3-5-13-31-21-18-27(25-34(31)32-22-19-28(26-35)20-23-32)12-9-15-30-17-10-16-29(33(30)11-4-2)14-7-6-8-24-36;3*1-2;/h8,10,16-23,25H,4,9,11-15H2,1-2H3;3*1-2H3;1H. The minimum absolute atomic E-state index is 0. The maximum atomic E-state index is 10.4. The van der Waals surface area contributed by atoms with Gasteiger partial charge in [0, 0.05) is 14.3 Å². The number of rotatable bonds is 9. The van der Waals surface area contributed by atoms with Crippen molar-refractivity contribution in [3.05, 3.63) is 100 Å². The molecule has 0 aliphatic heterocycles. The summed E-state index contributed by atoms with van der Waals surface area (Å²) in [6.07, 6.45) is 7.77. The van der Waals surface area contributed by atoms with Gasteiger partial charge in [-0.25, -0.2) is 4.79 Å². The third-order valence-electron chi connectivity index (χ3n) is 6.25. The molecule has 0 aliphatic carbocycles. The normalized spacial score (nSPS) is 8.74. The van der Waals surface area contributed by atoms with E-state index < -0.39 is 0 Å². The highest BCUT2D eigenvalue weighted by atomic mass is 16.1. The number of carbonyl (C=O) groups excluding carboxylic acids is 1. The molecule has 0 saturated heterocycles. The van der Waals surface area contributed by atoms with E-state index in [0.29, 0.717) is 18.4 Å². The Labute approximate surface area is 258 Å². The van der Waals surface area contributed by atoms with Gasteiger partial charge in [0.25, 0.3) is 0 Å². The van der Waals surface area contributed by atoms with Crippen molar-refractivity contribution in [1.82, 2.24) is 0 Å². The fraction of sp³-hybridized carbons (Fsp3) is 0.375. The maximum Gasteiger partial charge on any atom is 0.133 e. The van der Waals surface area contributed by atoms with Crippen LogP contribution in [-0.4, -0.2) is 5.94 Å². The minimum Gasteiger partial charge on any atom is -0.233 e. The fourth-order valence-electron chi connectivity index (χ4n) is 4.48. The van der Waals surface area contributed by atoms with Crippen LogP contribution in [0.25, 0.3) is 11.1 Å². The molecule has 0 bridgehead atoms. The van der Waals surface area contributed by atoms with Gasteiger partial charge in [0.1, 0.15) is 5.94 Å². The molecule has 0 heterocycles. The van der Waals surface area contributed by atoms with Crippen LogP contribution in [0.15, 0.2) is 66.7 Å². The van der Waals surface area contributed by atoms with Gasteiger partial charge in [0.2, 0.25) is 0 Å². The van der Waals surface area contributed by atoms with Crippen molar-refractivity contribution in [2.24, 2.45) is 0 Å². The van der Waals surface area contributed by atoms with E-state index in [9.17, 15) is 4.79 Å². The molecule has 0 atom stereocenters. The number of hydrogen-bond donors (Lipinski definition) is 0. The van der Waals surface area contributed by atoms with E-state index in [0.717, 1.165) is 37.7 Å². The Hall–Kier alpha value is -4.28. The Bertz CT molecular complexity index is 1400. The lowest BCUT2D eigenvalue weighted by atomic mass is 9.91. The molecule has 0 aliphatic rings. The van der Waals surface area contributed by atoms with Crippen LogP contribution in [0.1, 0.15) is 103 Å². The first-order valence-corrected chi connectivity index (χ1v) is 15.5. The molecule has 2 nitrogen and oxygen atoms in total. The highest BCUT2D eigenvalue weighted by molar-refractivity contribution is 5.69. The van der Waals surface area contributed by atoms with E-state index >= 15 is 0 Å². The van der Waals surface area contributed by atoms with Crippen LogP contribution in [-0.2, 0) is 36.9 Å². The molecule has 3 rings (SSSR count). The summed E-state index contributed by atoms with van der Waals surface area (Å²) < 4.78 is 0.